The Bertz CT molecular complexity index is 694. The minimum atomic E-state index is -0.472. The van der Waals surface area contributed by atoms with E-state index in [4.69, 9.17) is 15.7 Å². The van der Waals surface area contributed by atoms with E-state index >= 15 is 0 Å². The van der Waals surface area contributed by atoms with Crippen molar-refractivity contribution in [2.24, 2.45) is 5.73 Å². The van der Waals surface area contributed by atoms with Crippen molar-refractivity contribution >= 4 is 0 Å². The molecule has 0 saturated carbocycles. The number of benzene rings is 2. The second-order valence-corrected chi connectivity index (χ2v) is 5.09. The summed E-state index contributed by atoms with van der Waals surface area (Å²) in [5.41, 5.74) is 8.40. The molecule has 0 aliphatic carbocycles. The van der Waals surface area contributed by atoms with Crippen LogP contribution in [0.25, 0.3) is 0 Å². The summed E-state index contributed by atoms with van der Waals surface area (Å²) in [6.45, 7) is 5.42. The highest BCUT2D eigenvalue weighted by Gasteiger charge is 2.16. The van der Waals surface area contributed by atoms with Crippen molar-refractivity contribution in [3.8, 4) is 17.6 Å². The topological polar surface area (TPSA) is 59.0 Å². The van der Waals surface area contributed by atoms with Gasteiger partial charge in [-0.1, -0.05) is 6.07 Å². The second-order valence-electron chi connectivity index (χ2n) is 5.09. The molecule has 2 rings (SSSR count). The van der Waals surface area contributed by atoms with E-state index in [0.717, 1.165) is 11.1 Å². The Kier molecular flexibility index (Phi) is 4.25. The lowest BCUT2D eigenvalue weighted by molar-refractivity contribution is 0.454. The summed E-state index contributed by atoms with van der Waals surface area (Å²) in [5.74, 6) is 0.647. The van der Waals surface area contributed by atoms with E-state index in [0.29, 0.717) is 22.6 Å². The van der Waals surface area contributed by atoms with Gasteiger partial charge in [-0.15, -0.1) is 0 Å². The van der Waals surface area contributed by atoms with Gasteiger partial charge in [-0.2, -0.15) is 5.26 Å². The zero-order valence-electron chi connectivity index (χ0n) is 12.3. The van der Waals surface area contributed by atoms with Crippen LogP contribution in [0.5, 0.6) is 11.5 Å². The van der Waals surface area contributed by atoms with Gasteiger partial charge >= 0.3 is 0 Å². The number of halogens is 1. The predicted octanol–water partition coefficient (Wildman–Crippen LogP) is 4.13. The summed E-state index contributed by atoms with van der Waals surface area (Å²) in [6, 6.07) is 9.76. The van der Waals surface area contributed by atoms with Crippen LogP contribution in [0.1, 0.15) is 35.2 Å². The molecular formula is C17H17FN2O. The third-order valence-corrected chi connectivity index (χ3v) is 3.27. The normalized spacial score (nSPS) is 11.8. The summed E-state index contributed by atoms with van der Waals surface area (Å²) in [4.78, 5) is 0. The molecule has 0 aliphatic rings. The van der Waals surface area contributed by atoms with Crippen molar-refractivity contribution < 1.29 is 9.13 Å². The number of nitrogens with two attached hydrogens (primary N) is 1. The minimum Gasteiger partial charge on any atom is -0.456 e. The Balaban J connectivity index is 2.49. The average Bonchev–Trinajstić information content (AvgIpc) is 2.42. The van der Waals surface area contributed by atoms with Crippen LogP contribution in [-0.4, -0.2) is 0 Å². The summed E-state index contributed by atoms with van der Waals surface area (Å²) >= 11 is 0. The van der Waals surface area contributed by atoms with Crippen LogP contribution in [0.15, 0.2) is 30.3 Å². The Labute approximate surface area is 123 Å². The van der Waals surface area contributed by atoms with Crippen LogP contribution in [-0.2, 0) is 0 Å². The van der Waals surface area contributed by atoms with Gasteiger partial charge < -0.3 is 10.5 Å². The first kappa shape index (κ1) is 15.0. The fourth-order valence-corrected chi connectivity index (χ4v) is 2.33. The van der Waals surface area contributed by atoms with Gasteiger partial charge in [0.1, 0.15) is 17.3 Å². The van der Waals surface area contributed by atoms with E-state index in [1.165, 1.54) is 6.07 Å². The Hall–Kier alpha value is -2.38. The highest BCUT2D eigenvalue weighted by molar-refractivity contribution is 5.50. The van der Waals surface area contributed by atoms with Crippen LogP contribution in [0.2, 0.25) is 0 Å². The number of nitrogens with zero attached hydrogens (tertiary/aromatic N) is 1. The Morgan fingerprint density at radius 1 is 1.24 bits per heavy atom. The molecule has 2 N–H and O–H groups in total. The number of nitriles is 1. The highest BCUT2D eigenvalue weighted by Crippen LogP contribution is 2.34. The molecule has 2 aromatic rings. The first-order valence-electron chi connectivity index (χ1n) is 6.67. The van der Waals surface area contributed by atoms with E-state index in [1.54, 1.807) is 31.2 Å². The van der Waals surface area contributed by atoms with E-state index in [2.05, 4.69) is 6.07 Å². The quantitative estimate of drug-likeness (QED) is 0.922. The standard InChI is InChI=1S/C17H17FN2O/c1-10-7-13(9-19)8-11(2)17(10)21-15-6-4-5-14(18)16(15)12(3)20/h4-8,12H,20H2,1-3H3. The summed E-state index contributed by atoms with van der Waals surface area (Å²) in [6.07, 6.45) is 0. The second kappa shape index (κ2) is 5.94. The van der Waals surface area contributed by atoms with Gasteiger partial charge in [0.05, 0.1) is 11.6 Å². The SMILES string of the molecule is Cc1cc(C#N)cc(C)c1Oc1cccc(F)c1C(C)N. The molecule has 0 saturated heterocycles. The maximum Gasteiger partial charge on any atom is 0.135 e. The molecule has 0 spiro atoms. The maximum absolute atomic E-state index is 13.9. The zero-order chi connectivity index (χ0) is 15.6. The van der Waals surface area contributed by atoms with E-state index in [-0.39, 0.29) is 5.82 Å². The first-order valence-corrected chi connectivity index (χ1v) is 6.67. The molecule has 0 amide bonds. The molecule has 2 aromatic carbocycles. The van der Waals surface area contributed by atoms with Crippen molar-refractivity contribution in [3.05, 3.63) is 58.4 Å². The fraction of sp³-hybridized carbons (Fsp3) is 0.235. The monoisotopic (exact) mass is 284 g/mol. The number of hydrogen-bond acceptors (Lipinski definition) is 3. The van der Waals surface area contributed by atoms with Gasteiger partial charge in [-0.3, -0.25) is 0 Å². The minimum absolute atomic E-state index is 0.348. The molecule has 21 heavy (non-hydrogen) atoms. The third kappa shape index (κ3) is 3.04. The Morgan fingerprint density at radius 3 is 2.38 bits per heavy atom. The van der Waals surface area contributed by atoms with Crippen molar-refractivity contribution in [2.75, 3.05) is 0 Å². The van der Waals surface area contributed by atoms with Crippen LogP contribution < -0.4 is 10.5 Å². The van der Waals surface area contributed by atoms with Gasteiger partial charge in [0.2, 0.25) is 0 Å². The molecule has 1 unspecified atom stereocenters. The summed E-state index contributed by atoms with van der Waals surface area (Å²) in [7, 11) is 0. The van der Waals surface area contributed by atoms with Crippen molar-refractivity contribution in [1.82, 2.24) is 0 Å². The summed E-state index contributed by atoms with van der Waals surface area (Å²) in [5, 5.41) is 8.96. The molecule has 0 bridgehead atoms. The van der Waals surface area contributed by atoms with Crippen LogP contribution in [0.4, 0.5) is 4.39 Å². The van der Waals surface area contributed by atoms with Gasteiger partial charge in [0, 0.05) is 11.6 Å². The average molecular weight is 284 g/mol. The van der Waals surface area contributed by atoms with Gasteiger partial charge in [-0.05, 0) is 56.2 Å². The molecule has 0 aliphatic heterocycles. The van der Waals surface area contributed by atoms with E-state index < -0.39 is 6.04 Å². The molecule has 1 atom stereocenters. The largest absolute Gasteiger partial charge is 0.456 e. The predicted molar refractivity (Wildman–Crippen MR) is 79.7 cm³/mol. The molecule has 0 aromatic heterocycles. The van der Waals surface area contributed by atoms with Crippen molar-refractivity contribution in [3.63, 3.8) is 0 Å². The van der Waals surface area contributed by atoms with Gasteiger partial charge in [0.15, 0.2) is 0 Å². The van der Waals surface area contributed by atoms with E-state index in [1.807, 2.05) is 13.8 Å². The molecule has 0 radical (unpaired) electrons. The molecular weight excluding hydrogens is 267 g/mol. The van der Waals surface area contributed by atoms with Crippen LogP contribution >= 0.6 is 0 Å². The lowest BCUT2D eigenvalue weighted by Crippen LogP contribution is -2.09. The number of ether oxygens (including phenoxy) is 1. The summed E-state index contributed by atoms with van der Waals surface area (Å²) < 4.78 is 19.8. The number of rotatable bonds is 3. The van der Waals surface area contributed by atoms with Gasteiger partial charge in [-0.25, -0.2) is 4.39 Å². The Morgan fingerprint density at radius 2 is 1.86 bits per heavy atom. The number of aryl methyl sites for hydroxylation is 2. The smallest absolute Gasteiger partial charge is 0.135 e. The fourth-order valence-electron chi connectivity index (χ4n) is 2.33. The van der Waals surface area contributed by atoms with Crippen LogP contribution in [0.3, 0.4) is 0 Å². The van der Waals surface area contributed by atoms with Gasteiger partial charge in [0.25, 0.3) is 0 Å². The third-order valence-electron chi connectivity index (χ3n) is 3.27. The first-order chi connectivity index (χ1) is 9.93. The zero-order valence-corrected chi connectivity index (χ0v) is 12.3. The molecule has 108 valence electrons. The number of hydrogen-bond donors (Lipinski definition) is 1. The molecule has 0 fully saturated rings. The lowest BCUT2D eigenvalue weighted by atomic mass is 10.1. The van der Waals surface area contributed by atoms with Crippen molar-refractivity contribution in [1.29, 1.82) is 5.26 Å². The molecule has 3 nitrogen and oxygen atoms in total. The molecule has 0 heterocycles. The lowest BCUT2D eigenvalue weighted by Gasteiger charge is -2.17. The van der Waals surface area contributed by atoms with E-state index in [9.17, 15) is 4.39 Å². The maximum atomic E-state index is 13.9. The van der Waals surface area contributed by atoms with Crippen LogP contribution in [0, 0.1) is 31.0 Å². The van der Waals surface area contributed by atoms with Crippen molar-refractivity contribution in [2.45, 2.75) is 26.8 Å². The highest BCUT2D eigenvalue weighted by atomic mass is 19.1. The molecule has 4 heteroatoms.